The summed E-state index contributed by atoms with van der Waals surface area (Å²) < 4.78 is 67.4. The van der Waals surface area contributed by atoms with Crippen molar-refractivity contribution in [3.63, 3.8) is 0 Å². The topological polar surface area (TPSA) is 135 Å². The Labute approximate surface area is 260 Å². The number of nitrogen functional groups attached to an aromatic ring is 1. The Morgan fingerprint density at radius 3 is 2.36 bits per heavy atom. The summed E-state index contributed by atoms with van der Waals surface area (Å²) in [5, 5.41) is 0. The van der Waals surface area contributed by atoms with Crippen LogP contribution in [0.4, 0.5) is 19.0 Å². The monoisotopic (exact) mass is 663 g/mol. The van der Waals surface area contributed by atoms with Crippen LogP contribution in [0.5, 0.6) is 0 Å². The molecule has 15 heteroatoms. The molecule has 10 nitrogen and oxygen atoms in total. The van der Waals surface area contributed by atoms with E-state index in [0.717, 1.165) is 44.9 Å². The molecule has 2 rings (SSSR count). The van der Waals surface area contributed by atoms with Crippen molar-refractivity contribution in [3.05, 3.63) is 12.7 Å². The first-order valence-corrected chi connectivity index (χ1v) is 20.4. The number of unbranched alkanes of at least 4 members (excludes halogenated alkanes) is 9. The predicted molar refractivity (Wildman–Crippen MR) is 169 cm³/mol. The van der Waals surface area contributed by atoms with Crippen molar-refractivity contribution >= 4 is 32.7 Å². The Morgan fingerprint density at radius 2 is 1.68 bits per heavy atom. The number of nitrogens with two attached hydrogens (primary N) is 1. The lowest BCUT2D eigenvalue weighted by Gasteiger charge is -2.17. The van der Waals surface area contributed by atoms with Crippen LogP contribution in [0, 0.1) is 11.5 Å². The zero-order chi connectivity index (χ0) is 32.5. The maximum absolute atomic E-state index is 12.4. The van der Waals surface area contributed by atoms with Crippen molar-refractivity contribution in [2.75, 3.05) is 31.9 Å². The third kappa shape index (κ3) is 16.9. The number of alkyl halides is 3. The van der Waals surface area contributed by atoms with Gasteiger partial charge in [-0.05, 0) is 25.8 Å². The van der Waals surface area contributed by atoms with Crippen LogP contribution in [0.15, 0.2) is 12.7 Å². The molecule has 0 aromatic carbocycles. The molecular weight excluding hydrogens is 614 g/mol. The molecular formula is C29H49F3N5O5PSi. The van der Waals surface area contributed by atoms with Gasteiger partial charge in [0.15, 0.2) is 11.5 Å². The standard InChI is InChI=1S/C29H49F3N5O5PSi/c1-25(21-37-23-36-26-27(33)34-22-35-28(26)37)41-24-43(38,39)42-18-17-40-16-13-11-9-7-5-4-6-8-10-12-14-19-44(2,3)20-15-29(30,31)32/h22-23,25H,4-13,15-18,20-21,24H2,1-3H3,(H,38,39)(H2,33,34,35)/t25-/m1/s1. The first-order valence-electron chi connectivity index (χ1n) is 15.4. The van der Waals surface area contributed by atoms with E-state index in [2.05, 4.69) is 26.4 Å². The third-order valence-corrected chi connectivity index (χ3v) is 10.4. The van der Waals surface area contributed by atoms with Crippen LogP contribution < -0.4 is 5.73 Å². The number of hydrogen-bond acceptors (Lipinski definition) is 8. The van der Waals surface area contributed by atoms with E-state index in [-0.39, 0.29) is 25.1 Å². The molecule has 0 aliphatic rings. The molecule has 1 unspecified atom stereocenters. The summed E-state index contributed by atoms with van der Waals surface area (Å²) in [5.74, 6) is 3.40. The second-order valence-corrected chi connectivity index (χ2v) is 18.1. The molecule has 2 aromatic rings. The fourth-order valence-corrected chi connectivity index (χ4v) is 6.95. The lowest BCUT2D eigenvalue weighted by atomic mass is 10.1. The largest absolute Gasteiger partial charge is 0.388 e. The molecule has 0 saturated carbocycles. The second-order valence-electron chi connectivity index (χ2n) is 11.8. The molecule has 44 heavy (non-hydrogen) atoms. The predicted octanol–water partition coefficient (Wildman–Crippen LogP) is 7.09. The van der Waals surface area contributed by atoms with Gasteiger partial charge in [0.1, 0.15) is 26.3 Å². The maximum atomic E-state index is 12.4. The molecule has 2 atom stereocenters. The van der Waals surface area contributed by atoms with Crippen LogP contribution in [-0.2, 0) is 25.1 Å². The van der Waals surface area contributed by atoms with Crippen molar-refractivity contribution < 1.29 is 36.6 Å². The van der Waals surface area contributed by atoms with Gasteiger partial charge in [-0.1, -0.05) is 58.0 Å². The normalized spacial score (nSPS) is 14.3. The molecule has 0 saturated heterocycles. The van der Waals surface area contributed by atoms with Crippen molar-refractivity contribution in [3.8, 4) is 11.5 Å². The summed E-state index contributed by atoms with van der Waals surface area (Å²) in [6, 6.07) is 0.175. The number of fused-ring (bicyclic) bond motifs is 1. The van der Waals surface area contributed by atoms with Gasteiger partial charge < -0.3 is 29.2 Å². The molecule has 0 aliphatic carbocycles. The van der Waals surface area contributed by atoms with E-state index in [1.807, 2.05) is 13.1 Å². The van der Waals surface area contributed by atoms with Crippen LogP contribution in [0.3, 0.4) is 0 Å². The number of aromatic nitrogens is 4. The lowest BCUT2D eigenvalue weighted by Crippen LogP contribution is -2.26. The van der Waals surface area contributed by atoms with Crippen LogP contribution in [0.25, 0.3) is 11.2 Å². The number of hydrogen-bond donors (Lipinski definition) is 2. The summed E-state index contributed by atoms with van der Waals surface area (Å²) in [7, 11) is -5.99. The Kier molecular flexibility index (Phi) is 16.9. The Morgan fingerprint density at radius 1 is 1.02 bits per heavy atom. The average Bonchev–Trinajstić information content (AvgIpc) is 3.36. The second kappa shape index (κ2) is 19.5. The molecule has 0 aliphatic heterocycles. The summed E-state index contributed by atoms with van der Waals surface area (Å²) in [5.41, 5.74) is 10.00. The van der Waals surface area contributed by atoms with Crippen LogP contribution in [-0.4, -0.2) is 70.9 Å². The van der Waals surface area contributed by atoms with Crippen LogP contribution >= 0.6 is 7.60 Å². The summed E-state index contributed by atoms with van der Waals surface area (Å²) in [4.78, 5) is 22.3. The molecule has 0 radical (unpaired) electrons. The fourth-order valence-electron chi connectivity index (χ4n) is 4.44. The minimum Gasteiger partial charge on any atom is -0.382 e. The Bertz CT molecular complexity index is 1220. The van der Waals surface area contributed by atoms with Gasteiger partial charge in [-0.3, -0.25) is 4.57 Å². The maximum Gasteiger partial charge on any atom is 0.388 e. The van der Waals surface area contributed by atoms with E-state index in [9.17, 15) is 22.6 Å². The quantitative estimate of drug-likeness (QED) is 0.0586. The molecule has 2 aromatic heterocycles. The van der Waals surface area contributed by atoms with Crippen molar-refractivity contribution in [2.24, 2.45) is 0 Å². The van der Waals surface area contributed by atoms with Gasteiger partial charge in [-0.2, -0.15) is 13.2 Å². The number of imidazole rings is 1. The highest BCUT2D eigenvalue weighted by Crippen LogP contribution is 2.41. The first kappa shape index (κ1) is 38.2. The minimum atomic E-state index is -4.09. The molecule has 0 spiro atoms. The van der Waals surface area contributed by atoms with E-state index >= 15 is 0 Å². The lowest BCUT2D eigenvalue weighted by molar-refractivity contribution is -0.130. The van der Waals surface area contributed by atoms with Gasteiger partial charge in [0, 0.05) is 19.4 Å². The van der Waals surface area contributed by atoms with Gasteiger partial charge in [0.25, 0.3) is 0 Å². The van der Waals surface area contributed by atoms with Crippen LogP contribution in [0.1, 0.15) is 77.6 Å². The molecule has 0 amide bonds. The summed E-state index contributed by atoms with van der Waals surface area (Å²) in [6.45, 7) is 6.78. The Hall–Kier alpha value is -2.01. The number of anilines is 1. The SMILES string of the molecule is C[C@H](Cn1cnc2c(N)ncnc21)OCP(=O)(O)OCCOCCCCCCCCCCCC#C[Si](C)(C)CCC(F)(F)F. The molecule has 0 bridgehead atoms. The van der Waals surface area contributed by atoms with E-state index in [0.29, 0.717) is 24.3 Å². The van der Waals surface area contributed by atoms with Crippen LogP contribution in [0.2, 0.25) is 19.1 Å². The van der Waals surface area contributed by atoms with E-state index in [4.69, 9.17) is 19.7 Å². The van der Waals surface area contributed by atoms with E-state index in [1.54, 1.807) is 17.8 Å². The van der Waals surface area contributed by atoms with Gasteiger partial charge in [-0.15, -0.1) is 11.5 Å². The zero-order valence-corrected chi connectivity index (χ0v) is 28.2. The van der Waals surface area contributed by atoms with Crippen molar-refractivity contribution in [2.45, 2.75) is 116 Å². The summed E-state index contributed by atoms with van der Waals surface area (Å²) >= 11 is 0. The number of rotatable bonds is 22. The van der Waals surface area contributed by atoms with Crippen molar-refractivity contribution in [1.82, 2.24) is 19.5 Å². The molecule has 2 heterocycles. The highest BCUT2D eigenvalue weighted by molar-refractivity contribution is 7.52. The van der Waals surface area contributed by atoms with E-state index < -0.39 is 40.7 Å². The molecule has 0 fully saturated rings. The van der Waals surface area contributed by atoms with E-state index in [1.165, 1.54) is 25.6 Å². The minimum absolute atomic E-state index is 0.0111. The zero-order valence-electron chi connectivity index (χ0n) is 26.3. The molecule has 250 valence electrons. The average molecular weight is 664 g/mol. The van der Waals surface area contributed by atoms with Gasteiger partial charge in [0.05, 0.1) is 32.2 Å². The van der Waals surface area contributed by atoms with Crippen molar-refractivity contribution in [1.29, 1.82) is 0 Å². The smallest absolute Gasteiger partial charge is 0.382 e. The van der Waals surface area contributed by atoms with Gasteiger partial charge in [0.2, 0.25) is 0 Å². The molecule has 3 N–H and O–H groups in total. The van der Waals surface area contributed by atoms with Gasteiger partial charge in [-0.25, -0.2) is 15.0 Å². The number of halogens is 3. The van der Waals surface area contributed by atoms with Gasteiger partial charge >= 0.3 is 13.8 Å². The number of ether oxygens (including phenoxy) is 2. The third-order valence-electron chi connectivity index (χ3n) is 6.98. The fraction of sp³-hybridized carbons (Fsp3) is 0.759. The first-order chi connectivity index (χ1) is 20.8. The Balaban J connectivity index is 1.39. The summed E-state index contributed by atoms with van der Waals surface area (Å²) in [6.07, 6.45) is 8.01. The highest BCUT2D eigenvalue weighted by atomic mass is 31.2. The highest BCUT2D eigenvalue weighted by Gasteiger charge is 2.31. The number of nitrogens with zero attached hydrogens (tertiary/aromatic N) is 4.